The molecular formula is C24H24F3NO4. The van der Waals surface area contributed by atoms with Gasteiger partial charge in [0.15, 0.2) is 0 Å². The van der Waals surface area contributed by atoms with Gasteiger partial charge in [0.1, 0.15) is 17.1 Å². The summed E-state index contributed by atoms with van der Waals surface area (Å²) in [7, 11) is 0. The Morgan fingerprint density at radius 3 is 2.69 bits per heavy atom. The van der Waals surface area contributed by atoms with E-state index in [2.05, 4.69) is 4.90 Å². The molecule has 1 saturated heterocycles. The monoisotopic (exact) mass is 447 g/mol. The van der Waals surface area contributed by atoms with Crippen molar-refractivity contribution in [1.29, 1.82) is 0 Å². The number of likely N-dealkylation sites (tertiary alicyclic amines) is 1. The summed E-state index contributed by atoms with van der Waals surface area (Å²) in [5, 5.41) is 10.4. The predicted octanol–water partition coefficient (Wildman–Crippen LogP) is 5.99. The zero-order chi connectivity index (χ0) is 23.0. The summed E-state index contributed by atoms with van der Waals surface area (Å²) >= 11 is 0. The number of fused-ring (bicyclic) bond motifs is 1. The van der Waals surface area contributed by atoms with Gasteiger partial charge in [-0.15, -0.1) is 0 Å². The zero-order valence-electron chi connectivity index (χ0n) is 17.8. The molecule has 0 aliphatic carbocycles. The van der Waals surface area contributed by atoms with E-state index in [4.69, 9.17) is 9.15 Å². The Kier molecular flexibility index (Phi) is 5.90. The molecule has 1 fully saturated rings. The van der Waals surface area contributed by atoms with E-state index < -0.39 is 23.1 Å². The molecule has 0 bridgehead atoms. The van der Waals surface area contributed by atoms with Crippen LogP contribution in [-0.2, 0) is 12.7 Å². The van der Waals surface area contributed by atoms with Crippen LogP contribution in [0.1, 0.15) is 43.1 Å². The Hall–Kier alpha value is -3.00. The second-order valence-corrected chi connectivity index (χ2v) is 8.26. The molecule has 0 amide bonds. The van der Waals surface area contributed by atoms with Crippen molar-refractivity contribution in [1.82, 2.24) is 4.90 Å². The minimum Gasteiger partial charge on any atom is -0.507 e. The summed E-state index contributed by atoms with van der Waals surface area (Å²) in [5.74, 6) is -2.55. The van der Waals surface area contributed by atoms with E-state index >= 15 is 0 Å². The van der Waals surface area contributed by atoms with Crippen LogP contribution in [0.5, 0.6) is 17.2 Å². The highest BCUT2D eigenvalue weighted by Crippen LogP contribution is 2.40. The van der Waals surface area contributed by atoms with Crippen LogP contribution in [0.3, 0.4) is 0 Å². The molecular weight excluding hydrogens is 423 g/mol. The van der Waals surface area contributed by atoms with Crippen LogP contribution in [0.2, 0.25) is 0 Å². The highest BCUT2D eigenvalue weighted by atomic mass is 19.4. The van der Waals surface area contributed by atoms with Gasteiger partial charge < -0.3 is 14.3 Å². The normalized spacial score (nSPS) is 17.6. The smallest absolute Gasteiger partial charge is 0.453 e. The molecule has 32 heavy (non-hydrogen) atoms. The third kappa shape index (κ3) is 4.32. The van der Waals surface area contributed by atoms with Crippen molar-refractivity contribution in [2.45, 2.75) is 51.9 Å². The number of benzene rings is 2. The first-order valence-corrected chi connectivity index (χ1v) is 10.5. The van der Waals surface area contributed by atoms with Crippen LogP contribution in [0, 0.1) is 6.92 Å². The minimum atomic E-state index is -4.96. The van der Waals surface area contributed by atoms with Gasteiger partial charge in [-0.1, -0.05) is 18.6 Å². The Labute approximate surface area is 183 Å². The van der Waals surface area contributed by atoms with Gasteiger partial charge in [0.25, 0.3) is 5.76 Å². The van der Waals surface area contributed by atoms with E-state index in [0.29, 0.717) is 0 Å². The number of aromatic hydroxyl groups is 1. The van der Waals surface area contributed by atoms with Gasteiger partial charge >= 0.3 is 6.18 Å². The number of halogens is 3. The number of aryl methyl sites for hydroxylation is 1. The fourth-order valence-corrected chi connectivity index (χ4v) is 4.11. The number of rotatable bonds is 4. The average molecular weight is 447 g/mol. The summed E-state index contributed by atoms with van der Waals surface area (Å²) in [6.45, 7) is 4.73. The number of phenolic OH excluding ortho intramolecular Hbond substituents is 1. The third-order valence-electron chi connectivity index (χ3n) is 5.87. The number of hydrogen-bond acceptors (Lipinski definition) is 5. The standard InChI is InChI=1S/C24H24F3NO4/c1-14-6-5-8-16(12-14)31-22-20(30)17-9-10-19(29)18(13-28-11-4-3-7-15(28)2)21(17)32-23(22)24(25,26)27/h5-6,8-10,12,15,29H,3-4,7,11,13H2,1-2H3/t15-/m0/s1. The molecule has 0 saturated carbocycles. The molecule has 3 aromatic rings. The number of nitrogens with zero attached hydrogens (tertiary/aromatic N) is 1. The van der Waals surface area contributed by atoms with Crippen molar-refractivity contribution in [3.05, 3.63) is 63.5 Å². The van der Waals surface area contributed by atoms with E-state index in [0.717, 1.165) is 31.4 Å². The first kappa shape index (κ1) is 22.2. The Morgan fingerprint density at radius 2 is 2.00 bits per heavy atom. The first-order chi connectivity index (χ1) is 15.1. The van der Waals surface area contributed by atoms with Crippen LogP contribution in [0.15, 0.2) is 45.6 Å². The highest BCUT2D eigenvalue weighted by Gasteiger charge is 2.41. The van der Waals surface area contributed by atoms with Gasteiger partial charge in [-0.3, -0.25) is 9.69 Å². The van der Waals surface area contributed by atoms with E-state index in [1.54, 1.807) is 19.1 Å². The van der Waals surface area contributed by atoms with Crippen molar-refractivity contribution in [3.63, 3.8) is 0 Å². The molecule has 2 heterocycles. The number of alkyl halides is 3. The van der Waals surface area contributed by atoms with Gasteiger partial charge in [0.2, 0.25) is 11.2 Å². The lowest BCUT2D eigenvalue weighted by Gasteiger charge is -2.33. The van der Waals surface area contributed by atoms with Crippen LogP contribution >= 0.6 is 0 Å². The summed E-state index contributed by atoms with van der Waals surface area (Å²) in [6.07, 6.45) is -1.97. The quantitative estimate of drug-likeness (QED) is 0.532. The topological polar surface area (TPSA) is 62.9 Å². The van der Waals surface area contributed by atoms with Crippen molar-refractivity contribution < 1.29 is 27.4 Å². The van der Waals surface area contributed by atoms with E-state index in [9.17, 15) is 23.1 Å². The summed E-state index contributed by atoms with van der Waals surface area (Å²) in [4.78, 5) is 15.2. The van der Waals surface area contributed by atoms with Crippen LogP contribution in [-0.4, -0.2) is 22.6 Å². The first-order valence-electron chi connectivity index (χ1n) is 10.5. The molecule has 0 unspecified atom stereocenters. The second-order valence-electron chi connectivity index (χ2n) is 8.26. The fraction of sp³-hybridized carbons (Fsp3) is 0.375. The maximum absolute atomic E-state index is 13.9. The lowest BCUT2D eigenvalue weighted by Crippen LogP contribution is -2.36. The Bertz CT molecular complexity index is 1200. The fourth-order valence-electron chi connectivity index (χ4n) is 4.11. The second kappa shape index (κ2) is 8.50. The van der Waals surface area contributed by atoms with Gasteiger partial charge in [-0.05, 0) is 63.1 Å². The lowest BCUT2D eigenvalue weighted by molar-refractivity contribution is -0.154. The number of piperidine rings is 1. The lowest BCUT2D eigenvalue weighted by atomic mass is 10.0. The van der Waals surface area contributed by atoms with E-state index in [1.165, 1.54) is 24.3 Å². The van der Waals surface area contributed by atoms with Crippen molar-refractivity contribution in [2.24, 2.45) is 0 Å². The zero-order valence-corrected chi connectivity index (χ0v) is 17.8. The van der Waals surface area contributed by atoms with Crippen LogP contribution < -0.4 is 10.2 Å². The van der Waals surface area contributed by atoms with Crippen LogP contribution in [0.4, 0.5) is 13.2 Å². The molecule has 1 atom stereocenters. The molecule has 2 aromatic carbocycles. The molecule has 4 rings (SSSR count). The average Bonchev–Trinajstić information content (AvgIpc) is 2.72. The van der Waals surface area contributed by atoms with Gasteiger partial charge in [0.05, 0.1) is 10.9 Å². The molecule has 5 nitrogen and oxygen atoms in total. The molecule has 170 valence electrons. The molecule has 1 aliphatic rings. The SMILES string of the molecule is Cc1cccc(Oc2c(C(F)(F)F)oc3c(CN4CCCC[C@@H]4C)c(O)ccc3c2=O)c1. The number of ether oxygens (including phenoxy) is 1. The summed E-state index contributed by atoms with van der Waals surface area (Å²) in [6, 6.07) is 9.17. The summed E-state index contributed by atoms with van der Waals surface area (Å²) in [5.41, 5.74) is -0.269. The van der Waals surface area contributed by atoms with Crippen molar-refractivity contribution in [2.75, 3.05) is 6.54 Å². The minimum absolute atomic E-state index is 0.0712. The maximum Gasteiger partial charge on any atom is 0.453 e. The highest BCUT2D eigenvalue weighted by molar-refractivity contribution is 5.83. The van der Waals surface area contributed by atoms with Crippen molar-refractivity contribution >= 4 is 11.0 Å². The number of phenols is 1. The molecule has 0 spiro atoms. The largest absolute Gasteiger partial charge is 0.507 e. The molecule has 0 radical (unpaired) electrons. The Morgan fingerprint density at radius 1 is 1.22 bits per heavy atom. The van der Waals surface area contributed by atoms with Crippen LogP contribution in [0.25, 0.3) is 11.0 Å². The number of hydrogen-bond donors (Lipinski definition) is 1. The molecule has 1 N–H and O–H groups in total. The maximum atomic E-state index is 13.9. The third-order valence-corrected chi connectivity index (χ3v) is 5.87. The molecule has 1 aliphatic heterocycles. The van der Waals surface area contributed by atoms with Gasteiger partial charge in [-0.25, -0.2) is 0 Å². The Balaban J connectivity index is 1.88. The van der Waals surface area contributed by atoms with Gasteiger partial charge in [-0.2, -0.15) is 13.2 Å². The van der Waals surface area contributed by atoms with E-state index in [1.807, 2.05) is 6.92 Å². The van der Waals surface area contributed by atoms with E-state index in [-0.39, 0.29) is 40.6 Å². The molecule has 1 aromatic heterocycles. The predicted molar refractivity (Wildman–Crippen MR) is 114 cm³/mol. The summed E-state index contributed by atoms with van der Waals surface area (Å²) < 4.78 is 52.4. The van der Waals surface area contributed by atoms with Crippen molar-refractivity contribution in [3.8, 4) is 17.2 Å². The molecule has 8 heteroatoms. The van der Waals surface area contributed by atoms with Gasteiger partial charge in [0, 0.05) is 12.6 Å².